The molecule has 0 aliphatic rings. The Morgan fingerprint density at radius 3 is 2.26 bits per heavy atom. The molecule has 1 atom stereocenters. The van der Waals surface area contributed by atoms with Crippen molar-refractivity contribution in [3.05, 3.63) is 100 Å². The maximum atomic E-state index is 14.1. The first-order chi connectivity index (χ1) is 20.2. The van der Waals surface area contributed by atoms with E-state index in [0.29, 0.717) is 28.9 Å². The van der Waals surface area contributed by atoms with E-state index in [2.05, 4.69) is 5.32 Å². The first-order valence-electron chi connectivity index (χ1n) is 13.7. The number of hydrogen-bond donors (Lipinski definition) is 1. The molecule has 7 nitrogen and oxygen atoms in total. The Morgan fingerprint density at radius 2 is 1.65 bits per heavy atom. The van der Waals surface area contributed by atoms with Crippen LogP contribution in [-0.2, 0) is 38.8 Å². The largest absolute Gasteiger partial charge is 0.416 e. The Bertz CT molecular complexity index is 1520. The van der Waals surface area contributed by atoms with Crippen molar-refractivity contribution in [2.45, 2.75) is 51.9 Å². The predicted molar refractivity (Wildman–Crippen MR) is 162 cm³/mol. The van der Waals surface area contributed by atoms with E-state index in [9.17, 15) is 31.2 Å². The third-order valence-electron chi connectivity index (χ3n) is 6.76. The Kier molecular flexibility index (Phi) is 11.6. The highest BCUT2D eigenvalue weighted by atomic mass is 35.5. The van der Waals surface area contributed by atoms with Crippen molar-refractivity contribution >= 4 is 39.1 Å². The summed E-state index contributed by atoms with van der Waals surface area (Å²) in [7, 11) is -4.30. The van der Waals surface area contributed by atoms with Crippen LogP contribution in [0.4, 0.5) is 18.9 Å². The number of carbonyl (C=O) groups excluding carboxylic acids is 2. The minimum absolute atomic E-state index is 0.0485. The second-order valence-electron chi connectivity index (χ2n) is 10.3. The van der Waals surface area contributed by atoms with Crippen molar-refractivity contribution in [3.8, 4) is 0 Å². The van der Waals surface area contributed by atoms with E-state index >= 15 is 0 Å². The van der Waals surface area contributed by atoms with Gasteiger partial charge in [-0.3, -0.25) is 13.9 Å². The average Bonchev–Trinajstić information content (AvgIpc) is 2.93. The molecule has 1 N–H and O–H groups in total. The van der Waals surface area contributed by atoms with Crippen LogP contribution >= 0.6 is 11.6 Å². The number of carbonyl (C=O) groups is 2. The number of halogens is 4. The van der Waals surface area contributed by atoms with Crippen LogP contribution in [-0.4, -0.2) is 50.5 Å². The third kappa shape index (κ3) is 9.72. The zero-order valence-corrected chi connectivity index (χ0v) is 25.8. The summed E-state index contributed by atoms with van der Waals surface area (Å²) < 4.78 is 66.9. The van der Waals surface area contributed by atoms with Gasteiger partial charge in [0.1, 0.15) is 12.6 Å². The van der Waals surface area contributed by atoms with Gasteiger partial charge in [-0.1, -0.05) is 85.1 Å². The van der Waals surface area contributed by atoms with Crippen molar-refractivity contribution in [1.82, 2.24) is 10.2 Å². The lowest BCUT2D eigenvalue weighted by Gasteiger charge is -2.34. The number of nitrogens with one attached hydrogen (secondary N) is 1. The molecule has 3 aromatic carbocycles. The van der Waals surface area contributed by atoms with Crippen molar-refractivity contribution in [1.29, 1.82) is 0 Å². The number of nitrogens with zero attached hydrogens (tertiary/aromatic N) is 2. The number of hydrogen-bond acceptors (Lipinski definition) is 4. The van der Waals surface area contributed by atoms with Crippen molar-refractivity contribution < 1.29 is 31.2 Å². The van der Waals surface area contributed by atoms with Gasteiger partial charge in [0.25, 0.3) is 0 Å². The number of alkyl halides is 3. The van der Waals surface area contributed by atoms with Crippen LogP contribution in [0.5, 0.6) is 0 Å². The van der Waals surface area contributed by atoms with E-state index in [1.165, 1.54) is 4.90 Å². The first kappa shape index (κ1) is 33.9. The topological polar surface area (TPSA) is 86.8 Å². The Balaban J connectivity index is 2.10. The second-order valence-corrected chi connectivity index (χ2v) is 12.6. The summed E-state index contributed by atoms with van der Waals surface area (Å²) in [5, 5.41) is 2.59. The van der Waals surface area contributed by atoms with Gasteiger partial charge in [-0.15, -0.1) is 0 Å². The van der Waals surface area contributed by atoms with E-state index in [4.69, 9.17) is 11.6 Å². The number of anilines is 1. The zero-order chi connectivity index (χ0) is 31.8. The van der Waals surface area contributed by atoms with Crippen LogP contribution in [0.15, 0.2) is 72.8 Å². The van der Waals surface area contributed by atoms with E-state index in [-0.39, 0.29) is 18.0 Å². The summed E-state index contributed by atoms with van der Waals surface area (Å²) in [6.45, 7) is 3.30. The van der Waals surface area contributed by atoms with Gasteiger partial charge in [0.15, 0.2) is 0 Å². The molecular weight excluding hydrogens is 603 g/mol. The van der Waals surface area contributed by atoms with Crippen molar-refractivity contribution in [2.24, 2.45) is 0 Å². The van der Waals surface area contributed by atoms with E-state index in [1.54, 1.807) is 24.3 Å². The number of rotatable bonds is 13. The molecule has 0 saturated heterocycles. The summed E-state index contributed by atoms with van der Waals surface area (Å²) in [5.74, 6) is -1.21. The molecule has 0 unspecified atom stereocenters. The summed E-state index contributed by atoms with van der Waals surface area (Å²) >= 11 is 6.19. The third-order valence-corrected chi connectivity index (χ3v) is 8.20. The Hall–Kier alpha value is -3.57. The lowest BCUT2D eigenvalue weighted by Crippen LogP contribution is -2.53. The highest BCUT2D eigenvalue weighted by Crippen LogP contribution is 2.36. The molecule has 0 fully saturated rings. The number of amides is 2. The number of aryl methyl sites for hydroxylation is 1. The van der Waals surface area contributed by atoms with Gasteiger partial charge in [-0.25, -0.2) is 8.42 Å². The maximum absolute atomic E-state index is 14.1. The standard InChI is InChI=1S/C31H35ClF3N3O4S/c1-4-5-16-36-30(40)28(18-23-11-7-6-8-12-23)37(20-24-13-9-10-22(2)17-24)29(39)21-38(43(3,41)42)27-19-25(31(33,34)35)14-15-26(27)32/h6-15,17,19,28H,4-5,16,18,20-21H2,1-3H3,(H,36,40)/t28-/m1/s1. The summed E-state index contributed by atoms with van der Waals surface area (Å²) in [5.41, 5.74) is 0.749. The van der Waals surface area contributed by atoms with Crippen molar-refractivity contribution in [2.75, 3.05) is 23.7 Å². The fraction of sp³-hybridized carbons (Fsp3) is 0.355. The van der Waals surface area contributed by atoms with Gasteiger partial charge in [0, 0.05) is 19.5 Å². The fourth-order valence-electron chi connectivity index (χ4n) is 4.54. The van der Waals surface area contributed by atoms with Gasteiger partial charge in [0.2, 0.25) is 21.8 Å². The molecule has 0 aliphatic carbocycles. The highest BCUT2D eigenvalue weighted by Gasteiger charge is 2.35. The molecular formula is C31H35ClF3N3O4S. The first-order valence-corrected chi connectivity index (χ1v) is 15.9. The normalized spacial score (nSPS) is 12.4. The molecule has 0 bridgehead atoms. The molecule has 0 aromatic heterocycles. The summed E-state index contributed by atoms with van der Waals surface area (Å²) in [6, 6.07) is 17.5. The molecule has 12 heteroatoms. The number of sulfonamides is 1. The molecule has 0 spiro atoms. The minimum atomic E-state index is -4.78. The van der Waals surface area contributed by atoms with E-state index < -0.39 is 51.9 Å². The van der Waals surface area contributed by atoms with Gasteiger partial charge < -0.3 is 10.2 Å². The molecule has 3 aromatic rings. The van der Waals surface area contributed by atoms with Crippen LogP contribution in [0, 0.1) is 6.92 Å². The van der Waals surface area contributed by atoms with Crippen LogP contribution in [0.25, 0.3) is 0 Å². The lowest BCUT2D eigenvalue weighted by atomic mass is 10.0. The van der Waals surface area contributed by atoms with Crippen LogP contribution in [0.1, 0.15) is 42.0 Å². The molecule has 2 amide bonds. The highest BCUT2D eigenvalue weighted by molar-refractivity contribution is 7.92. The number of benzene rings is 3. The molecule has 3 rings (SSSR count). The smallest absolute Gasteiger partial charge is 0.354 e. The summed E-state index contributed by atoms with van der Waals surface area (Å²) in [6.07, 6.45) is -2.33. The quantitative estimate of drug-likeness (QED) is 0.233. The molecule has 232 valence electrons. The number of unbranched alkanes of at least 4 members (excludes halogenated alkanes) is 1. The van der Waals surface area contributed by atoms with Crippen LogP contribution in [0.3, 0.4) is 0 Å². The fourth-order valence-corrected chi connectivity index (χ4v) is 5.67. The molecule has 0 radical (unpaired) electrons. The minimum Gasteiger partial charge on any atom is -0.354 e. The SMILES string of the molecule is CCCCNC(=O)[C@@H](Cc1ccccc1)N(Cc1cccc(C)c1)C(=O)CN(c1cc(C(F)(F)F)ccc1Cl)S(C)(=O)=O. The van der Waals surface area contributed by atoms with Gasteiger partial charge in [0.05, 0.1) is 22.5 Å². The molecule has 0 aliphatic heterocycles. The van der Waals surface area contributed by atoms with E-state index in [0.717, 1.165) is 35.9 Å². The zero-order valence-electron chi connectivity index (χ0n) is 24.2. The van der Waals surface area contributed by atoms with Crippen LogP contribution < -0.4 is 9.62 Å². The molecule has 0 heterocycles. The predicted octanol–water partition coefficient (Wildman–Crippen LogP) is 5.99. The van der Waals surface area contributed by atoms with E-state index in [1.807, 2.05) is 44.2 Å². The monoisotopic (exact) mass is 637 g/mol. The summed E-state index contributed by atoms with van der Waals surface area (Å²) in [4.78, 5) is 29.0. The van der Waals surface area contributed by atoms with Gasteiger partial charge in [-0.05, 0) is 42.7 Å². The van der Waals surface area contributed by atoms with Crippen LogP contribution in [0.2, 0.25) is 5.02 Å². The lowest BCUT2D eigenvalue weighted by molar-refractivity contribution is -0.140. The Labute approximate surface area is 255 Å². The van der Waals surface area contributed by atoms with Gasteiger partial charge in [-0.2, -0.15) is 13.2 Å². The maximum Gasteiger partial charge on any atom is 0.416 e. The second kappa shape index (κ2) is 14.7. The molecule has 0 saturated carbocycles. The van der Waals surface area contributed by atoms with Crippen molar-refractivity contribution in [3.63, 3.8) is 0 Å². The van der Waals surface area contributed by atoms with Gasteiger partial charge >= 0.3 is 6.18 Å². The molecule has 43 heavy (non-hydrogen) atoms. The Morgan fingerprint density at radius 1 is 0.977 bits per heavy atom. The average molecular weight is 638 g/mol.